The lowest BCUT2D eigenvalue weighted by molar-refractivity contribution is -0.117. The molecule has 3 nitrogen and oxygen atoms in total. The van der Waals surface area contributed by atoms with E-state index in [4.69, 9.17) is 5.73 Å². The van der Waals surface area contributed by atoms with E-state index in [2.05, 4.69) is 0 Å². The van der Waals surface area contributed by atoms with Crippen LogP contribution in [0.25, 0.3) is 0 Å². The molecule has 0 atom stereocenters. The Balaban J connectivity index is 2.10. The van der Waals surface area contributed by atoms with Crippen LogP contribution in [0.15, 0.2) is 47.8 Å². The van der Waals surface area contributed by atoms with Gasteiger partial charge in [0.15, 0.2) is 0 Å². The second kappa shape index (κ2) is 7.07. The fourth-order valence-corrected chi connectivity index (χ4v) is 2.61. The van der Waals surface area contributed by atoms with Gasteiger partial charge in [-0.15, -0.1) is 11.3 Å². The number of hydrogen-bond donors (Lipinski definition) is 1. The second-order valence-corrected chi connectivity index (χ2v) is 5.31. The number of anilines is 1. The van der Waals surface area contributed by atoms with Crippen molar-refractivity contribution in [3.05, 3.63) is 52.7 Å². The van der Waals surface area contributed by atoms with Crippen LogP contribution < -0.4 is 10.6 Å². The molecule has 2 rings (SSSR count). The van der Waals surface area contributed by atoms with Gasteiger partial charge in [0.05, 0.1) is 6.42 Å². The van der Waals surface area contributed by atoms with Crippen molar-refractivity contribution in [2.75, 3.05) is 18.0 Å². The number of benzene rings is 1. The van der Waals surface area contributed by atoms with Crippen LogP contribution in [0.1, 0.15) is 11.3 Å². The van der Waals surface area contributed by atoms with Crippen LogP contribution in [0.5, 0.6) is 0 Å². The Morgan fingerprint density at radius 1 is 1.16 bits per heavy atom. The zero-order valence-corrected chi connectivity index (χ0v) is 11.6. The van der Waals surface area contributed by atoms with Crippen molar-refractivity contribution in [1.29, 1.82) is 0 Å². The van der Waals surface area contributed by atoms with Gasteiger partial charge in [-0.05, 0) is 36.5 Å². The first kappa shape index (κ1) is 13.8. The lowest BCUT2D eigenvalue weighted by atomic mass is 10.2. The molecular weight excluding hydrogens is 256 g/mol. The fourth-order valence-electron chi connectivity index (χ4n) is 1.91. The van der Waals surface area contributed by atoms with Crippen LogP contribution >= 0.6 is 11.3 Å². The Hall–Kier alpha value is -1.65. The zero-order chi connectivity index (χ0) is 13.5. The minimum absolute atomic E-state index is 0.127. The molecular formula is C15H18N2OS. The monoisotopic (exact) mass is 274 g/mol. The second-order valence-electron chi connectivity index (χ2n) is 4.28. The van der Waals surface area contributed by atoms with Crippen molar-refractivity contribution < 1.29 is 4.79 Å². The van der Waals surface area contributed by atoms with Crippen molar-refractivity contribution in [1.82, 2.24) is 0 Å². The summed E-state index contributed by atoms with van der Waals surface area (Å²) in [4.78, 5) is 15.3. The highest BCUT2D eigenvalue weighted by Gasteiger charge is 2.15. The summed E-state index contributed by atoms with van der Waals surface area (Å²) in [6, 6.07) is 13.7. The molecule has 0 fully saturated rings. The van der Waals surface area contributed by atoms with Crippen molar-refractivity contribution in [3.8, 4) is 0 Å². The molecule has 0 aliphatic heterocycles. The molecule has 2 aromatic rings. The largest absolute Gasteiger partial charge is 0.330 e. The minimum atomic E-state index is 0.127. The van der Waals surface area contributed by atoms with E-state index < -0.39 is 0 Å². The minimum Gasteiger partial charge on any atom is -0.330 e. The standard InChI is InChI=1S/C15H18N2OS/c16-9-5-10-17(13-6-2-1-3-7-13)15(18)12-14-8-4-11-19-14/h1-4,6-8,11H,5,9-10,12,16H2. The quantitative estimate of drug-likeness (QED) is 0.880. The van der Waals surface area contributed by atoms with Gasteiger partial charge in [0, 0.05) is 17.1 Å². The number of thiophene rings is 1. The highest BCUT2D eigenvalue weighted by Crippen LogP contribution is 2.17. The SMILES string of the molecule is NCCCN(C(=O)Cc1cccs1)c1ccccc1. The maximum Gasteiger partial charge on any atom is 0.232 e. The predicted octanol–water partition coefficient (Wildman–Crippen LogP) is 2.67. The first-order chi connectivity index (χ1) is 9.31. The van der Waals surface area contributed by atoms with E-state index in [0.717, 1.165) is 17.0 Å². The van der Waals surface area contributed by atoms with Gasteiger partial charge in [-0.2, -0.15) is 0 Å². The molecule has 1 heterocycles. The molecule has 0 aliphatic rings. The summed E-state index contributed by atoms with van der Waals surface area (Å²) >= 11 is 1.62. The van der Waals surface area contributed by atoms with Crippen LogP contribution in [-0.4, -0.2) is 19.0 Å². The first-order valence-corrected chi connectivity index (χ1v) is 7.27. The van der Waals surface area contributed by atoms with Gasteiger partial charge in [-0.3, -0.25) is 4.79 Å². The number of amides is 1. The van der Waals surface area contributed by atoms with E-state index in [0.29, 0.717) is 19.5 Å². The maximum atomic E-state index is 12.4. The predicted molar refractivity (Wildman–Crippen MR) is 80.5 cm³/mol. The first-order valence-electron chi connectivity index (χ1n) is 6.39. The van der Waals surface area contributed by atoms with Gasteiger partial charge in [0.1, 0.15) is 0 Å². The summed E-state index contributed by atoms with van der Waals surface area (Å²) in [6.07, 6.45) is 1.27. The molecule has 100 valence electrons. The number of para-hydroxylation sites is 1. The van der Waals surface area contributed by atoms with Crippen LogP contribution in [0.4, 0.5) is 5.69 Å². The molecule has 0 spiro atoms. The summed E-state index contributed by atoms with van der Waals surface area (Å²) in [5.74, 6) is 0.127. The van der Waals surface area contributed by atoms with E-state index >= 15 is 0 Å². The highest BCUT2D eigenvalue weighted by atomic mass is 32.1. The summed E-state index contributed by atoms with van der Waals surface area (Å²) in [5.41, 5.74) is 6.50. The number of hydrogen-bond acceptors (Lipinski definition) is 3. The molecule has 19 heavy (non-hydrogen) atoms. The summed E-state index contributed by atoms with van der Waals surface area (Å²) in [6.45, 7) is 1.26. The van der Waals surface area contributed by atoms with E-state index in [1.807, 2.05) is 52.7 Å². The number of carbonyl (C=O) groups excluding carboxylic acids is 1. The third kappa shape index (κ3) is 3.91. The molecule has 1 aromatic carbocycles. The summed E-state index contributed by atoms with van der Waals surface area (Å²) < 4.78 is 0. The van der Waals surface area contributed by atoms with E-state index in [1.165, 1.54) is 0 Å². The Labute approximate surface area is 117 Å². The molecule has 2 N–H and O–H groups in total. The lowest BCUT2D eigenvalue weighted by Gasteiger charge is -2.22. The van der Waals surface area contributed by atoms with Gasteiger partial charge in [-0.25, -0.2) is 0 Å². The molecule has 1 aromatic heterocycles. The Bertz CT molecular complexity index is 496. The summed E-state index contributed by atoms with van der Waals surface area (Å²) in [7, 11) is 0. The van der Waals surface area contributed by atoms with E-state index in [-0.39, 0.29) is 5.91 Å². The molecule has 0 saturated heterocycles. The van der Waals surface area contributed by atoms with E-state index in [1.54, 1.807) is 11.3 Å². The third-order valence-electron chi connectivity index (χ3n) is 2.86. The molecule has 1 amide bonds. The van der Waals surface area contributed by atoms with Crippen LogP contribution in [0, 0.1) is 0 Å². The fraction of sp³-hybridized carbons (Fsp3) is 0.267. The van der Waals surface area contributed by atoms with E-state index in [9.17, 15) is 4.79 Å². The van der Waals surface area contributed by atoms with Crippen molar-refractivity contribution in [2.24, 2.45) is 5.73 Å². The zero-order valence-electron chi connectivity index (χ0n) is 10.8. The van der Waals surface area contributed by atoms with Crippen molar-refractivity contribution >= 4 is 22.9 Å². The van der Waals surface area contributed by atoms with Gasteiger partial charge >= 0.3 is 0 Å². The smallest absolute Gasteiger partial charge is 0.232 e. The normalized spacial score (nSPS) is 10.4. The van der Waals surface area contributed by atoms with Crippen molar-refractivity contribution in [3.63, 3.8) is 0 Å². The molecule has 0 radical (unpaired) electrons. The van der Waals surface area contributed by atoms with Gasteiger partial charge in [-0.1, -0.05) is 24.3 Å². The average Bonchev–Trinajstić information content (AvgIpc) is 2.93. The van der Waals surface area contributed by atoms with Gasteiger partial charge in [0.25, 0.3) is 0 Å². The number of carbonyl (C=O) groups is 1. The summed E-state index contributed by atoms with van der Waals surface area (Å²) in [5, 5.41) is 2.00. The molecule has 0 saturated carbocycles. The average molecular weight is 274 g/mol. The maximum absolute atomic E-state index is 12.4. The third-order valence-corrected chi connectivity index (χ3v) is 3.74. The van der Waals surface area contributed by atoms with Crippen LogP contribution in [-0.2, 0) is 11.2 Å². The Morgan fingerprint density at radius 3 is 2.58 bits per heavy atom. The number of rotatable bonds is 6. The number of nitrogens with two attached hydrogens (primary N) is 1. The molecule has 0 bridgehead atoms. The molecule has 0 unspecified atom stereocenters. The topological polar surface area (TPSA) is 46.3 Å². The number of nitrogens with zero attached hydrogens (tertiary/aromatic N) is 1. The van der Waals surface area contributed by atoms with Gasteiger partial charge in [0.2, 0.25) is 5.91 Å². The van der Waals surface area contributed by atoms with Crippen LogP contribution in [0.3, 0.4) is 0 Å². The molecule has 4 heteroatoms. The van der Waals surface area contributed by atoms with Crippen LogP contribution in [0.2, 0.25) is 0 Å². The Kier molecular flexibility index (Phi) is 5.12. The highest BCUT2D eigenvalue weighted by molar-refractivity contribution is 7.10. The van der Waals surface area contributed by atoms with Gasteiger partial charge < -0.3 is 10.6 Å². The molecule has 0 aliphatic carbocycles. The lowest BCUT2D eigenvalue weighted by Crippen LogP contribution is -2.34. The Morgan fingerprint density at radius 2 is 1.95 bits per heavy atom. The van der Waals surface area contributed by atoms with Crippen molar-refractivity contribution in [2.45, 2.75) is 12.8 Å².